The second kappa shape index (κ2) is 5.07. The molecule has 1 N–H and O–H groups in total. The maximum atomic E-state index is 10.0. The van der Waals surface area contributed by atoms with Crippen molar-refractivity contribution in [3.63, 3.8) is 0 Å². The number of aliphatic carboxylic acids is 1. The van der Waals surface area contributed by atoms with Crippen LogP contribution in [-0.2, 0) is 11.2 Å². The Morgan fingerprint density at radius 2 is 2.60 bits per heavy atom. The smallest absolute Gasteiger partial charge is 1.00 e. The number of aromatic nitrogens is 1. The van der Waals surface area contributed by atoms with Gasteiger partial charge in [0.15, 0.2) is 0 Å². The molecule has 0 bridgehead atoms. The molecule has 0 aliphatic heterocycles. The van der Waals surface area contributed by atoms with E-state index in [-0.39, 0.29) is 47.0 Å². The molecular formula is C5H7CaNO2S. The Kier molecular flexibility index (Phi) is 5.25. The van der Waals surface area contributed by atoms with E-state index in [0.29, 0.717) is 5.01 Å². The van der Waals surface area contributed by atoms with Gasteiger partial charge in [0.2, 0.25) is 0 Å². The van der Waals surface area contributed by atoms with Crippen molar-refractivity contribution in [1.29, 1.82) is 0 Å². The van der Waals surface area contributed by atoms with Crippen LogP contribution in [0.4, 0.5) is 0 Å². The van der Waals surface area contributed by atoms with Crippen LogP contribution in [0.25, 0.3) is 0 Å². The van der Waals surface area contributed by atoms with E-state index < -0.39 is 5.97 Å². The van der Waals surface area contributed by atoms with E-state index in [4.69, 9.17) is 5.11 Å². The van der Waals surface area contributed by atoms with Gasteiger partial charge in [-0.1, -0.05) is 0 Å². The molecule has 0 atom stereocenters. The van der Waals surface area contributed by atoms with Gasteiger partial charge in [-0.15, -0.1) is 11.3 Å². The summed E-state index contributed by atoms with van der Waals surface area (Å²) >= 11 is 1.36. The summed E-state index contributed by atoms with van der Waals surface area (Å²) in [6, 6.07) is 0. The first-order chi connectivity index (χ1) is 4.29. The molecule has 5 heteroatoms. The van der Waals surface area contributed by atoms with Gasteiger partial charge in [-0.3, -0.25) is 4.79 Å². The quantitative estimate of drug-likeness (QED) is 0.687. The van der Waals surface area contributed by atoms with Crippen molar-refractivity contribution in [2.75, 3.05) is 0 Å². The molecule has 1 rings (SSSR count). The zero-order valence-corrected chi connectivity index (χ0v) is 8.30. The molecule has 52 valence electrons. The normalized spacial score (nSPS) is 8.40. The average molecular weight is 185 g/mol. The molecule has 0 aromatic carbocycles. The monoisotopic (exact) mass is 185 g/mol. The fraction of sp³-hybridized carbons (Fsp3) is 0.200. The van der Waals surface area contributed by atoms with Crippen LogP contribution in [0.1, 0.15) is 7.86 Å². The number of hydrogen-bond acceptors (Lipinski definition) is 3. The Bertz CT molecular complexity index is 207. The summed E-state index contributed by atoms with van der Waals surface area (Å²) in [6.45, 7) is 0. The Morgan fingerprint density at radius 3 is 3.00 bits per heavy atom. The van der Waals surface area contributed by atoms with Gasteiger partial charge in [0.05, 0.1) is 6.42 Å². The zero-order valence-electron chi connectivity index (χ0n) is 7.28. The third-order valence-corrected chi connectivity index (χ3v) is 1.57. The average Bonchev–Trinajstić information content (AvgIpc) is 2.15. The Balaban J connectivity index is -0.000000270. The molecule has 3 nitrogen and oxygen atoms in total. The molecule has 0 aliphatic carbocycles. The molecule has 0 radical (unpaired) electrons. The van der Waals surface area contributed by atoms with Gasteiger partial charge in [0.25, 0.3) is 0 Å². The molecule has 0 saturated heterocycles. The van der Waals surface area contributed by atoms with Gasteiger partial charge in [-0.25, -0.2) is 4.98 Å². The molecule has 0 spiro atoms. The van der Waals surface area contributed by atoms with E-state index in [9.17, 15) is 4.79 Å². The van der Waals surface area contributed by atoms with E-state index in [1.54, 1.807) is 11.6 Å². The molecule has 0 fully saturated rings. The summed E-state index contributed by atoms with van der Waals surface area (Å²) in [5, 5.41) is 10.7. The number of carboxylic acids is 1. The van der Waals surface area contributed by atoms with Gasteiger partial charge < -0.3 is 7.96 Å². The molecule has 1 aromatic heterocycles. The zero-order chi connectivity index (χ0) is 6.69. The van der Waals surface area contributed by atoms with E-state index in [2.05, 4.69) is 4.98 Å². The minimum absolute atomic E-state index is 0. The van der Waals surface area contributed by atoms with Gasteiger partial charge in [-0.05, 0) is 0 Å². The second-order valence-corrected chi connectivity index (χ2v) is 2.48. The van der Waals surface area contributed by atoms with Crippen LogP contribution in [-0.4, -0.2) is 53.8 Å². The maximum Gasteiger partial charge on any atom is 2.00 e. The molecule has 10 heavy (non-hydrogen) atoms. The van der Waals surface area contributed by atoms with Crippen molar-refractivity contribution in [3.05, 3.63) is 16.6 Å². The van der Waals surface area contributed by atoms with Crippen LogP contribution in [0.3, 0.4) is 0 Å². The summed E-state index contributed by atoms with van der Waals surface area (Å²) in [5.74, 6) is -0.829. The SMILES string of the molecule is O=C(O)Cc1nccs1.[Ca+2].[H-].[H-]. The summed E-state index contributed by atoms with van der Waals surface area (Å²) in [4.78, 5) is 13.8. The number of nitrogens with zero attached hydrogens (tertiary/aromatic N) is 1. The van der Waals surface area contributed by atoms with Crippen LogP contribution in [0.5, 0.6) is 0 Å². The molecule has 0 unspecified atom stereocenters. The van der Waals surface area contributed by atoms with Crippen molar-refractivity contribution in [1.82, 2.24) is 4.98 Å². The van der Waals surface area contributed by atoms with E-state index in [1.807, 2.05) is 0 Å². The topological polar surface area (TPSA) is 50.2 Å². The van der Waals surface area contributed by atoms with Crippen molar-refractivity contribution in [2.24, 2.45) is 0 Å². The number of rotatable bonds is 2. The first-order valence-electron chi connectivity index (χ1n) is 2.39. The van der Waals surface area contributed by atoms with Gasteiger partial charge in [0, 0.05) is 11.6 Å². The van der Waals surface area contributed by atoms with Crippen molar-refractivity contribution in [2.45, 2.75) is 6.42 Å². The first kappa shape index (κ1) is 10.4. The molecule has 0 amide bonds. The second-order valence-electron chi connectivity index (χ2n) is 1.50. The van der Waals surface area contributed by atoms with Gasteiger partial charge in [0.1, 0.15) is 5.01 Å². The van der Waals surface area contributed by atoms with Crippen LogP contribution < -0.4 is 0 Å². The number of thiazole rings is 1. The van der Waals surface area contributed by atoms with Crippen LogP contribution in [0.15, 0.2) is 11.6 Å². The van der Waals surface area contributed by atoms with Gasteiger partial charge >= 0.3 is 43.7 Å². The van der Waals surface area contributed by atoms with E-state index >= 15 is 0 Å². The summed E-state index contributed by atoms with van der Waals surface area (Å²) < 4.78 is 0. The predicted octanol–water partition coefficient (Wildman–Crippen LogP) is 0.614. The van der Waals surface area contributed by atoms with Crippen molar-refractivity contribution >= 4 is 55.0 Å². The molecule has 0 aliphatic rings. The molecular weight excluding hydrogens is 178 g/mol. The Morgan fingerprint density at radius 1 is 1.90 bits per heavy atom. The Labute approximate surface area is 95.1 Å². The fourth-order valence-electron chi connectivity index (χ4n) is 0.470. The standard InChI is InChI=1S/C5H5NO2S.Ca.2H/c7-5(8)3-4-6-1-2-9-4;;;/h1-2H,3H2,(H,7,8);;;/q;+2;2*-1. The minimum Gasteiger partial charge on any atom is -1.00 e. The van der Waals surface area contributed by atoms with Crippen molar-refractivity contribution < 1.29 is 12.8 Å². The predicted molar refractivity (Wildman–Crippen MR) is 41.4 cm³/mol. The van der Waals surface area contributed by atoms with Crippen LogP contribution >= 0.6 is 11.3 Å². The Hall–Kier alpha value is 0.360. The molecule has 1 aromatic rings. The summed E-state index contributed by atoms with van der Waals surface area (Å²) in [6.07, 6.45) is 1.64. The van der Waals surface area contributed by atoms with Crippen LogP contribution in [0, 0.1) is 0 Å². The third-order valence-electron chi connectivity index (χ3n) is 0.786. The third kappa shape index (κ3) is 3.51. The molecule has 0 saturated carbocycles. The number of carbonyl (C=O) groups is 1. The fourth-order valence-corrected chi connectivity index (χ4v) is 1.08. The molecule has 1 heterocycles. The number of hydrogen-bond donors (Lipinski definition) is 1. The number of carboxylic acid groups (broad SMARTS) is 1. The van der Waals surface area contributed by atoms with Gasteiger partial charge in [-0.2, -0.15) is 0 Å². The summed E-state index contributed by atoms with van der Waals surface area (Å²) in [7, 11) is 0. The first-order valence-corrected chi connectivity index (χ1v) is 3.27. The minimum atomic E-state index is -0.829. The van der Waals surface area contributed by atoms with E-state index in [1.165, 1.54) is 11.3 Å². The van der Waals surface area contributed by atoms with E-state index in [0.717, 1.165) is 0 Å². The largest absolute Gasteiger partial charge is 2.00 e. The van der Waals surface area contributed by atoms with Crippen LogP contribution in [0.2, 0.25) is 0 Å². The van der Waals surface area contributed by atoms with Crippen molar-refractivity contribution in [3.8, 4) is 0 Å². The maximum absolute atomic E-state index is 10.0. The summed E-state index contributed by atoms with van der Waals surface area (Å²) in [5.41, 5.74) is 0.